The van der Waals surface area contributed by atoms with Crippen LogP contribution in [0, 0.1) is 11.3 Å². The fraction of sp³-hybridized carbons (Fsp3) is 0.250. The van der Waals surface area contributed by atoms with Crippen molar-refractivity contribution in [1.82, 2.24) is 0 Å². The van der Waals surface area contributed by atoms with Crippen LogP contribution in [-0.2, 0) is 4.79 Å². The number of carbonyl (C=O) groups excluding carboxylic acids is 1. The summed E-state index contributed by atoms with van der Waals surface area (Å²) in [6, 6.07) is 5.70. The molecule has 0 aliphatic heterocycles. The second-order valence-electron chi connectivity index (χ2n) is 3.64. The van der Waals surface area contributed by atoms with Gasteiger partial charge < -0.3 is 10.2 Å². The fourth-order valence-corrected chi connectivity index (χ4v) is 1.64. The van der Waals surface area contributed by atoms with E-state index in [1.54, 1.807) is 6.92 Å². The van der Waals surface area contributed by atoms with Crippen LogP contribution in [0.5, 0.6) is 0 Å². The van der Waals surface area contributed by atoms with Crippen LogP contribution >= 0.6 is 15.9 Å². The third-order valence-electron chi connectivity index (χ3n) is 2.34. The lowest BCUT2D eigenvalue weighted by atomic mass is 9.98. The van der Waals surface area contributed by atoms with Crippen LogP contribution in [0.25, 0.3) is 0 Å². The second kappa shape index (κ2) is 5.76. The largest absolute Gasteiger partial charge is 0.479 e. The molecule has 0 radical (unpaired) electrons. The molecule has 2 atom stereocenters. The Balaban J connectivity index is 3.25. The van der Waals surface area contributed by atoms with E-state index in [2.05, 4.69) is 15.9 Å². The second-order valence-corrected chi connectivity index (χ2v) is 5.01. The number of Topliss-reactive ketones (excluding diaryl/α,β-unsaturated/α-hetero) is 1. The molecule has 0 spiro atoms. The first-order valence-electron chi connectivity index (χ1n) is 5.01. The highest BCUT2D eigenvalue weighted by atomic mass is 79.9. The van der Waals surface area contributed by atoms with Crippen molar-refractivity contribution >= 4 is 27.7 Å². The number of benzene rings is 1. The van der Waals surface area contributed by atoms with Crippen LogP contribution in [0.4, 0.5) is 0 Å². The van der Waals surface area contributed by atoms with E-state index in [9.17, 15) is 14.7 Å². The molecule has 5 nitrogen and oxygen atoms in total. The smallest absolute Gasteiger partial charge is 0.337 e. The maximum Gasteiger partial charge on any atom is 0.337 e. The molecule has 0 saturated heterocycles. The average molecular weight is 312 g/mol. The van der Waals surface area contributed by atoms with Crippen molar-refractivity contribution in [3.63, 3.8) is 0 Å². The van der Waals surface area contributed by atoms with Crippen molar-refractivity contribution in [3.8, 4) is 6.07 Å². The SMILES string of the molecule is CC(Br)C(=O)c1ccc(C(O)C(=O)O)cc1C#N. The van der Waals surface area contributed by atoms with Crippen molar-refractivity contribution < 1.29 is 19.8 Å². The average Bonchev–Trinajstić information content (AvgIpc) is 2.35. The predicted molar refractivity (Wildman–Crippen MR) is 66.5 cm³/mol. The zero-order valence-electron chi connectivity index (χ0n) is 9.42. The van der Waals surface area contributed by atoms with E-state index < -0.39 is 16.9 Å². The van der Waals surface area contributed by atoms with E-state index >= 15 is 0 Å². The molecule has 94 valence electrons. The molecule has 0 aliphatic rings. The fourth-order valence-electron chi connectivity index (χ4n) is 1.40. The minimum Gasteiger partial charge on any atom is -0.479 e. The van der Waals surface area contributed by atoms with Crippen molar-refractivity contribution in [2.75, 3.05) is 0 Å². The molecule has 6 heteroatoms. The lowest BCUT2D eigenvalue weighted by molar-refractivity contribution is -0.146. The van der Waals surface area contributed by atoms with Crippen LogP contribution in [-0.4, -0.2) is 26.8 Å². The molecular weight excluding hydrogens is 302 g/mol. The number of hydrogen-bond donors (Lipinski definition) is 2. The number of carbonyl (C=O) groups is 2. The monoisotopic (exact) mass is 311 g/mol. The van der Waals surface area contributed by atoms with Crippen molar-refractivity contribution in [2.45, 2.75) is 17.9 Å². The first kappa shape index (κ1) is 14.4. The third-order valence-corrected chi connectivity index (χ3v) is 2.76. The molecule has 0 aromatic heterocycles. The van der Waals surface area contributed by atoms with Crippen LogP contribution in [0.15, 0.2) is 18.2 Å². The van der Waals surface area contributed by atoms with Gasteiger partial charge in [-0.05, 0) is 24.6 Å². The minimum atomic E-state index is -1.71. The molecule has 0 heterocycles. The Labute approximate surface area is 112 Å². The molecule has 0 aliphatic carbocycles. The Morgan fingerprint density at radius 2 is 2.06 bits per heavy atom. The lowest BCUT2D eigenvalue weighted by Crippen LogP contribution is -2.14. The van der Waals surface area contributed by atoms with Gasteiger partial charge in [-0.15, -0.1) is 0 Å². The predicted octanol–water partition coefficient (Wildman–Crippen LogP) is 1.64. The van der Waals surface area contributed by atoms with E-state index in [1.807, 2.05) is 6.07 Å². The van der Waals surface area contributed by atoms with Crippen LogP contribution in [0.1, 0.15) is 34.5 Å². The molecule has 1 aromatic carbocycles. The van der Waals surface area contributed by atoms with Gasteiger partial charge in [0.05, 0.1) is 16.5 Å². The molecule has 1 rings (SSSR count). The molecule has 1 aromatic rings. The zero-order chi connectivity index (χ0) is 13.9. The number of aliphatic hydroxyl groups is 1. The number of nitrogens with zero attached hydrogens (tertiary/aromatic N) is 1. The molecule has 0 saturated carbocycles. The number of aliphatic hydroxyl groups excluding tert-OH is 1. The lowest BCUT2D eigenvalue weighted by Gasteiger charge is -2.09. The summed E-state index contributed by atoms with van der Waals surface area (Å²) in [5, 5.41) is 27.0. The molecule has 0 bridgehead atoms. The summed E-state index contributed by atoms with van der Waals surface area (Å²) in [6.07, 6.45) is -1.71. The van der Waals surface area contributed by atoms with E-state index in [-0.39, 0.29) is 22.5 Å². The van der Waals surface area contributed by atoms with E-state index in [4.69, 9.17) is 10.4 Å². The molecule has 18 heavy (non-hydrogen) atoms. The van der Waals surface area contributed by atoms with Gasteiger partial charge >= 0.3 is 5.97 Å². The van der Waals surface area contributed by atoms with Gasteiger partial charge in [0.1, 0.15) is 0 Å². The highest BCUT2D eigenvalue weighted by molar-refractivity contribution is 9.10. The van der Waals surface area contributed by atoms with Gasteiger partial charge in [0.25, 0.3) is 0 Å². The summed E-state index contributed by atoms with van der Waals surface area (Å²) < 4.78 is 0. The number of carboxylic acids is 1. The molecule has 2 N–H and O–H groups in total. The number of carboxylic acid groups (broad SMARTS) is 1. The number of nitriles is 1. The maximum absolute atomic E-state index is 11.8. The van der Waals surface area contributed by atoms with Gasteiger partial charge in [0.15, 0.2) is 11.9 Å². The highest BCUT2D eigenvalue weighted by Gasteiger charge is 2.20. The number of rotatable bonds is 4. The maximum atomic E-state index is 11.8. The molecule has 2 unspecified atom stereocenters. The topological polar surface area (TPSA) is 98.4 Å². The summed E-state index contributed by atoms with van der Waals surface area (Å²) in [7, 11) is 0. The van der Waals surface area contributed by atoms with Crippen molar-refractivity contribution in [1.29, 1.82) is 5.26 Å². The molecule has 0 amide bonds. The third kappa shape index (κ3) is 2.94. The van der Waals surface area contributed by atoms with Crippen LogP contribution in [0.2, 0.25) is 0 Å². The van der Waals surface area contributed by atoms with E-state index in [0.29, 0.717) is 0 Å². The normalized spacial score (nSPS) is 13.4. The summed E-state index contributed by atoms with van der Waals surface area (Å²) >= 11 is 3.11. The Morgan fingerprint density at radius 3 is 2.50 bits per heavy atom. The summed E-state index contributed by atoms with van der Waals surface area (Å²) in [5.74, 6) is -1.69. The Bertz CT molecular complexity index is 533. The number of ketones is 1. The van der Waals surface area contributed by atoms with Gasteiger partial charge in [0.2, 0.25) is 0 Å². The van der Waals surface area contributed by atoms with Crippen LogP contribution in [0.3, 0.4) is 0 Å². The van der Waals surface area contributed by atoms with Gasteiger partial charge in [-0.25, -0.2) is 4.79 Å². The quantitative estimate of drug-likeness (QED) is 0.650. The Morgan fingerprint density at radius 1 is 1.44 bits per heavy atom. The molecule has 0 fully saturated rings. The first-order valence-corrected chi connectivity index (χ1v) is 5.93. The van der Waals surface area contributed by atoms with E-state index in [0.717, 1.165) is 0 Å². The minimum absolute atomic E-state index is 0.0455. The van der Waals surface area contributed by atoms with Crippen molar-refractivity contribution in [3.05, 3.63) is 34.9 Å². The number of hydrogen-bond acceptors (Lipinski definition) is 4. The van der Waals surface area contributed by atoms with Gasteiger partial charge in [-0.3, -0.25) is 4.79 Å². The van der Waals surface area contributed by atoms with Gasteiger partial charge in [-0.2, -0.15) is 5.26 Å². The van der Waals surface area contributed by atoms with E-state index in [1.165, 1.54) is 18.2 Å². The number of aliphatic carboxylic acids is 1. The zero-order valence-corrected chi connectivity index (χ0v) is 11.0. The molecular formula is C12H10BrNO4. The van der Waals surface area contributed by atoms with Gasteiger partial charge in [0, 0.05) is 5.56 Å². The van der Waals surface area contributed by atoms with Crippen LogP contribution < -0.4 is 0 Å². The number of alkyl halides is 1. The Kier molecular flexibility index (Phi) is 4.59. The highest BCUT2D eigenvalue weighted by Crippen LogP contribution is 2.20. The summed E-state index contributed by atoms with van der Waals surface area (Å²) in [4.78, 5) is 21.9. The summed E-state index contributed by atoms with van der Waals surface area (Å²) in [6.45, 7) is 1.63. The van der Waals surface area contributed by atoms with Gasteiger partial charge in [-0.1, -0.05) is 22.0 Å². The number of halogens is 1. The summed E-state index contributed by atoms with van der Waals surface area (Å²) in [5.41, 5.74) is 0.310. The standard InChI is InChI=1S/C12H10BrNO4/c1-6(13)10(15)9-3-2-7(4-8(9)5-14)11(16)12(17)18/h2-4,6,11,16H,1H3,(H,17,18). The van der Waals surface area contributed by atoms with Crippen molar-refractivity contribution in [2.24, 2.45) is 0 Å². The first-order chi connectivity index (χ1) is 8.38. The Hall–Kier alpha value is -1.71.